The molecule has 0 radical (unpaired) electrons. The maximum atomic E-state index is 11.6. The van der Waals surface area contributed by atoms with Crippen LogP contribution in [0.3, 0.4) is 0 Å². The maximum Gasteiger partial charge on any atom is 0.118 e. The number of benzene rings is 1. The van der Waals surface area contributed by atoms with Crippen LogP contribution >= 0.6 is 0 Å². The number of hydrogen-bond acceptors (Lipinski definition) is 5. The summed E-state index contributed by atoms with van der Waals surface area (Å²) in [5.74, 6) is 1.23. The van der Waals surface area contributed by atoms with E-state index in [1.54, 1.807) is 7.11 Å². The lowest BCUT2D eigenvalue weighted by atomic mass is 9.71. The van der Waals surface area contributed by atoms with E-state index in [4.69, 9.17) is 4.74 Å². The van der Waals surface area contributed by atoms with Crippen LogP contribution < -0.4 is 15.4 Å². The van der Waals surface area contributed by atoms with Gasteiger partial charge in [-0.1, -0.05) is 32.9 Å². The molecule has 0 saturated carbocycles. The van der Waals surface area contributed by atoms with Gasteiger partial charge >= 0.3 is 0 Å². The van der Waals surface area contributed by atoms with Crippen LogP contribution in [0.2, 0.25) is 0 Å². The first-order valence-corrected chi connectivity index (χ1v) is 11.7. The van der Waals surface area contributed by atoms with Crippen molar-refractivity contribution in [2.24, 2.45) is 11.8 Å². The van der Waals surface area contributed by atoms with E-state index >= 15 is 0 Å². The SMILES string of the molecule is COc1ccc(C[C@@](C)(O)[C@@H]2CCC(CC(C)C(O)(C(C)C)[C@@H]3CCCN3)N2)cc1. The van der Waals surface area contributed by atoms with Crippen molar-refractivity contribution in [3.05, 3.63) is 29.8 Å². The van der Waals surface area contributed by atoms with Gasteiger partial charge in [0.15, 0.2) is 0 Å². The molecule has 0 spiro atoms. The first-order chi connectivity index (χ1) is 14.2. The summed E-state index contributed by atoms with van der Waals surface area (Å²) in [6, 6.07) is 8.53. The molecule has 170 valence electrons. The summed E-state index contributed by atoms with van der Waals surface area (Å²) in [7, 11) is 1.66. The average molecular weight is 419 g/mol. The molecule has 2 saturated heterocycles. The molecule has 1 aromatic rings. The molecule has 6 atom stereocenters. The fourth-order valence-electron chi connectivity index (χ4n) is 5.78. The molecule has 2 aliphatic rings. The first kappa shape index (κ1) is 23.5. The van der Waals surface area contributed by atoms with E-state index in [0.29, 0.717) is 12.5 Å². The lowest BCUT2D eigenvalue weighted by Gasteiger charge is -2.44. The average Bonchev–Trinajstić information content (AvgIpc) is 3.40. The highest BCUT2D eigenvalue weighted by molar-refractivity contribution is 5.28. The van der Waals surface area contributed by atoms with Crippen LogP contribution in [0.4, 0.5) is 0 Å². The number of aliphatic hydroxyl groups is 2. The number of rotatable bonds is 9. The Hall–Kier alpha value is -1.14. The zero-order chi connectivity index (χ0) is 21.9. The predicted octanol–water partition coefficient (Wildman–Crippen LogP) is 3.27. The van der Waals surface area contributed by atoms with Crippen molar-refractivity contribution in [1.29, 1.82) is 0 Å². The maximum absolute atomic E-state index is 11.6. The van der Waals surface area contributed by atoms with Crippen molar-refractivity contribution in [2.45, 2.75) is 95.5 Å². The van der Waals surface area contributed by atoms with Gasteiger partial charge in [-0.05, 0) is 75.1 Å². The molecule has 5 heteroatoms. The molecule has 4 N–H and O–H groups in total. The number of ether oxygens (including phenoxy) is 1. The summed E-state index contributed by atoms with van der Waals surface area (Å²) >= 11 is 0. The van der Waals surface area contributed by atoms with Gasteiger partial charge in [-0.25, -0.2) is 0 Å². The highest BCUT2D eigenvalue weighted by Crippen LogP contribution is 2.38. The summed E-state index contributed by atoms with van der Waals surface area (Å²) in [5.41, 5.74) is -0.392. The summed E-state index contributed by atoms with van der Waals surface area (Å²) < 4.78 is 5.23. The summed E-state index contributed by atoms with van der Waals surface area (Å²) in [6.07, 6.45) is 5.74. The van der Waals surface area contributed by atoms with E-state index in [-0.39, 0.29) is 23.9 Å². The van der Waals surface area contributed by atoms with Gasteiger partial charge in [0.25, 0.3) is 0 Å². The van der Waals surface area contributed by atoms with Gasteiger partial charge in [-0.2, -0.15) is 0 Å². The van der Waals surface area contributed by atoms with E-state index in [1.807, 2.05) is 31.2 Å². The van der Waals surface area contributed by atoms with Gasteiger partial charge in [0, 0.05) is 24.5 Å². The minimum atomic E-state index is -0.812. The van der Waals surface area contributed by atoms with Crippen LogP contribution in [0.5, 0.6) is 5.75 Å². The van der Waals surface area contributed by atoms with Gasteiger partial charge in [-0.15, -0.1) is 0 Å². The number of hydrogen-bond donors (Lipinski definition) is 4. The normalized spacial score (nSPS) is 29.5. The Morgan fingerprint density at radius 2 is 1.77 bits per heavy atom. The Balaban J connectivity index is 1.59. The first-order valence-electron chi connectivity index (χ1n) is 11.7. The third kappa shape index (κ3) is 5.01. The molecule has 2 fully saturated rings. The van der Waals surface area contributed by atoms with Crippen LogP contribution in [0.1, 0.15) is 65.4 Å². The molecule has 1 aromatic carbocycles. The third-order valence-electron chi connectivity index (χ3n) is 7.68. The molecule has 2 heterocycles. The standard InChI is InChI=1S/C25H42N2O3/c1-17(2)25(29,23-7-6-14-26-23)18(3)15-20-10-13-22(27-20)24(4,28)16-19-8-11-21(30-5)12-9-19/h8-9,11-12,17-18,20,22-23,26-29H,6-7,10,13-16H2,1-5H3/t18?,20?,22-,23-,24+,25?/m0/s1. The Labute approximate surface area is 182 Å². The lowest BCUT2D eigenvalue weighted by Crippen LogP contribution is -2.57. The molecule has 3 rings (SSSR count). The molecule has 0 amide bonds. The van der Waals surface area contributed by atoms with Crippen molar-refractivity contribution >= 4 is 0 Å². The molecule has 5 nitrogen and oxygen atoms in total. The zero-order valence-corrected chi connectivity index (χ0v) is 19.4. The number of methoxy groups -OCH3 is 1. The van der Waals surface area contributed by atoms with Gasteiger partial charge in [0.05, 0.1) is 18.3 Å². The lowest BCUT2D eigenvalue weighted by molar-refractivity contribution is -0.0832. The van der Waals surface area contributed by atoms with Crippen molar-refractivity contribution in [1.82, 2.24) is 10.6 Å². The van der Waals surface area contributed by atoms with Crippen LogP contribution in [0.15, 0.2) is 24.3 Å². The van der Waals surface area contributed by atoms with E-state index in [9.17, 15) is 10.2 Å². The third-order valence-corrected chi connectivity index (χ3v) is 7.68. The molecular weight excluding hydrogens is 376 g/mol. The Morgan fingerprint density at radius 3 is 2.33 bits per heavy atom. The van der Waals surface area contributed by atoms with Crippen LogP contribution in [-0.2, 0) is 6.42 Å². The van der Waals surface area contributed by atoms with Crippen molar-refractivity contribution < 1.29 is 14.9 Å². The Kier molecular flexibility index (Phi) is 7.49. The summed E-state index contributed by atoms with van der Waals surface area (Å²) in [6.45, 7) is 9.42. The predicted molar refractivity (Wildman–Crippen MR) is 122 cm³/mol. The minimum absolute atomic E-state index is 0.0635. The topological polar surface area (TPSA) is 73.8 Å². The van der Waals surface area contributed by atoms with Gasteiger partial charge in [0.2, 0.25) is 0 Å². The minimum Gasteiger partial charge on any atom is -0.497 e. The van der Waals surface area contributed by atoms with E-state index in [1.165, 1.54) is 0 Å². The largest absolute Gasteiger partial charge is 0.497 e. The van der Waals surface area contributed by atoms with E-state index in [2.05, 4.69) is 31.4 Å². The quantitative estimate of drug-likeness (QED) is 0.495. The monoisotopic (exact) mass is 418 g/mol. The Morgan fingerprint density at radius 1 is 1.07 bits per heavy atom. The van der Waals surface area contributed by atoms with Crippen molar-refractivity contribution in [2.75, 3.05) is 13.7 Å². The fourth-order valence-corrected chi connectivity index (χ4v) is 5.78. The second-order valence-corrected chi connectivity index (χ2v) is 10.2. The van der Waals surface area contributed by atoms with Crippen LogP contribution in [0, 0.1) is 11.8 Å². The smallest absolute Gasteiger partial charge is 0.118 e. The highest BCUT2D eigenvalue weighted by Gasteiger charge is 2.47. The van der Waals surface area contributed by atoms with Gasteiger partial charge in [-0.3, -0.25) is 0 Å². The summed E-state index contributed by atoms with van der Waals surface area (Å²) in [4.78, 5) is 0. The molecule has 3 unspecified atom stereocenters. The molecule has 0 aromatic heterocycles. The van der Waals surface area contributed by atoms with E-state index in [0.717, 1.165) is 50.0 Å². The van der Waals surface area contributed by atoms with Crippen LogP contribution in [0.25, 0.3) is 0 Å². The Bertz CT molecular complexity index is 669. The number of nitrogens with one attached hydrogen (secondary N) is 2. The zero-order valence-electron chi connectivity index (χ0n) is 19.4. The van der Waals surface area contributed by atoms with Crippen molar-refractivity contribution in [3.63, 3.8) is 0 Å². The molecule has 30 heavy (non-hydrogen) atoms. The van der Waals surface area contributed by atoms with E-state index < -0.39 is 11.2 Å². The summed E-state index contributed by atoms with van der Waals surface area (Å²) in [5, 5.41) is 30.1. The fraction of sp³-hybridized carbons (Fsp3) is 0.760. The van der Waals surface area contributed by atoms with Gasteiger partial charge in [0.1, 0.15) is 5.75 Å². The molecule has 2 aliphatic heterocycles. The molecular formula is C25H42N2O3. The second kappa shape index (κ2) is 9.56. The molecule has 0 bridgehead atoms. The second-order valence-electron chi connectivity index (χ2n) is 10.2. The van der Waals surface area contributed by atoms with Crippen LogP contribution in [-0.4, -0.2) is 53.2 Å². The van der Waals surface area contributed by atoms with Crippen molar-refractivity contribution in [3.8, 4) is 5.75 Å². The molecule has 0 aliphatic carbocycles. The highest BCUT2D eigenvalue weighted by atomic mass is 16.5. The van der Waals surface area contributed by atoms with Gasteiger partial charge < -0.3 is 25.6 Å².